The summed E-state index contributed by atoms with van der Waals surface area (Å²) in [6.07, 6.45) is 5.31. The van der Waals surface area contributed by atoms with E-state index in [2.05, 4.69) is 34.3 Å². The van der Waals surface area contributed by atoms with E-state index in [1.165, 1.54) is 12.7 Å². The van der Waals surface area contributed by atoms with Crippen molar-refractivity contribution in [3.05, 3.63) is 94.5 Å². The number of benzene rings is 3. The fraction of sp³-hybridized carbons (Fsp3) is 0.231. The minimum Gasteiger partial charge on any atom is -0.495 e. The molecule has 0 aromatic heterocycles. The maximum absolute atomic E-state index is 13.3. The largest absolute Gasteiger partial charge is 0.495 e. The Hall–Kier alpha value is -2.96. The van der Waals surface area contributed by atoms with Crippen molar-refractivity contribution in [3.8, 4) is 5.75 Å². The highest BCUT2D eigenvalue weighted by atomic mass is 35.5. The van der Waals surface area contributed by atoms with Crippen LogP contribution in [0, 0.1) is 12.8 Å². The van der Waals surface area contributed by atoms with Gasteiger partial charge in [-0.3, -0.25) is 4.72 Å². The number of methoxy groups -OCH3 is 1. The molecule has 7 heteroatoms. The number of aryl methyl sites for hydroxylation is 1. The van der Waals surface area contributed by atoms with Crippen molar-refractivity contribution in [1.82, 2.24) is 0 Å². The van der Waals surface area contributed by atoms with Crippen LogP contribution >= 0.6 is 11.6 Å². The molecule has 3 aromatic rings. The first kappa shape index (κ1) is 21.9. The number of hydrogen-bond donors (Lipinski definition) is 2. The second-order valence-electron chi connectivity index (χ2n) is 8.59. The molecule has 1 aliphatic heterocycles. The van der Waals surface area contributed by atoms with E-state index in [1.54, 1.807) is 24.3 Å². The molecule has 0 spiro atoms. The van der Waals surface area contributed by atoms with E-state index in [9.17, 15) is 8.42 Å². The summed E-state index contributed by atoms with van der Waals surface area (Å²) in [5, 5.41) is 4.35. The molecular weight excluding hydrogens is 456 g/mol. The monoisotopic (exact) mass is 480 g/mol. The van der Waals surface area contributed by atoms with Crippen LogP contribution in [0.15, 0.2) is 77.7 Å². The summed E-state index contributed by atoms with van der Waals surface area (Å²) in [4.78, 5) is 0.232. The van der Waals surface area contributed by atoms with Gasteiger partial charge in [0.05, 0.1) is 23.7 Å². The minimum absolute atomic E-state index is 0.131. The summed E-state index contributed by atoms with van der Waals surface area (Å²) < 4.78 is 34.6. The molecule has 3 aromatic carbocycles. The van der Waals surface area contributed by atoms with Crippen LogP contribution < -0.4 is 14.8 Å². The van der Waals surface area contributed by atoms with Crippen LogP contribution in [0.25, 0.3) is 0 Å². The van der Waals surface area contributed by atoms with E-state index in [-0.39, 0.29) is 16.9 Å². The maximum Gasteiger partial charge on any atom is 0.262 e. The second-order valence-corrected chi connectivity index (χ2v) is 10.7. The molecule has 0 unspecified atom stereocenters. The lowest BCUT2D eigenvalue weighted by Crippen LogP contribution is -2.29. The molecule has 0 fully saturated rings. The number of halogens is 1. The van der Waals surface area contributed by atoms with Crippen LogP contribution in [0.5, 0.6) is 5.75 Å². The Labute approximate surface area is 199 Å². The normalized spacial score (nSPS) is 21.1. The SMILES string of the molecule is COc1ccc(C)cc1NS(=O)(=O)c1ccc2c(c1)[C@H]1C=CC[C@H]1[C@@H](c1ccc(Cl)cc1)N2. The van der Waals surface area contributed by atoms with Gasteiger partial charge < -0.3 is 10.1 Å². The topological polar surface area (TPSA) is 67.4 Å². The number of rotatable bonds is 5. The smallest absolute Gasteiger partial charge is 0.262 e. The van der Waals surface area contributed by atoms with Gasteiger partial charge in [0.1, 0.15) is 5.75 Å². The molecule has 2 N–H and O–H groups in total. The van der Waals surface area contributed by atoms with Crippen LogP contribution in [-0.2, 0) is 10.0 Å². The van der Waals surface area contributed by atoms with Gasteiger partial charge in [-0.25, -0.2) is 8.42 Å². The van der Waals surface area contributed by atoms with Gasteiger partial charge in [0.25, 0.3) is 10.0 Å². The summed E-state index contributed by atoms with van der Waals surface area (Å²) in [6.45, 7) is 1.91. The third-order valence-electron chi connectivity index (χ3n) is 6.47. The molecule has 33 heavy (non-hydrogen) atoms. The summed E-state index contributed by atoms with van der Waals surface area (Å²) in [5.41, 5.74) is 4.49. The fourth-order valence-corrected chi connectivity index (χ4v) is 6.07. The quantitative estimate of drug-likeness (QED) is 0.421. The Morgan fingerprint density at radius 3 is 2.61 bits per heavy atom. The first-order valence-electron chi connectivity index (χ1n) is 10.9. The third kappa shape index (κ3) is 4.09. The van der Waals surface area contributed by atoms with Crippen molar-refractivity contribution >= 4 is 33.0 Å². The molecular formula is C26H25ClN2O3S. The maximum atomic E-state index is 13.3. The molecule has 1 heterocycles. The lowest BCUT2D eigenvalue weighted by Gasteiger charge is -2.37. The molecule has 1 aliphatic carbocycles. The number of hydrogen-bond acceptors (Lipinski definition) is 4. The predicted octanol–water partition coefficient (Wildman–Crippen LogP) is 6.28. The van der Waals surface area contributed by atoms with Crippen molar-refractivity contribution in [2.24, 2.45) is 5.92 Å². The lowest BCUT2D eigenvalue weighted by atomic mass is 9.77. The van der Waals surface area contributed by atoms with Crippen molar-refractivity contribution in [3.63, 3.8) is 0 Å². The second kappa shape index (κ2) is 8.43. The molecule has 2 aliphatic rings. The molecule has 5 rings (SSSR count). The van der Waals surface area contributed by atoms with Gasteiger partial charge in [0.15, 0.2) is 0 Å². The summed E-state index contributed by atoms with van der Waals surface area (Å²) in [5.74, 6) is 0.931. The Kier molecular flexibility index (Phi) is 5.59. The van der Waals surface area contributed by atoms with Gasteiger partial charge in [-0.2, -0.15) is 0 Å². The fourth-order valence-electron chi connectivity index (χ4n) is 4.85. The molecule has 170 valence electrons. The van der Waals surface area contributed by atoms with Crippen molar-refractivity contribution in [2.75, 3.05) is 17.1 Å². The van der Waals surface area contributed by atoms with E-state index in [4.69, 9.17) is 16.3 Å². The van der Waals surface area contributed by atoms with Crippen LogP contribution in [0.3, 0.4) is 0 Å². The van der Waals surface area contributed by atoms with Gasteiger partial charge in [-0.15, -0.1) is 0 Å². The first-order chi connectivity index (χ1) is 15.9. The standard InChI is InChI=1S/C26H25ClN2O3S/c1-16-6-13-25(32-2)24(14-16)29-33(30,31)19-11-12-23-22(15-19)20-4-3-5-21(20)26(28-23)17-7-9-18(27)10-8-17/h3-4,6-15,20-21,26,28-29H,5H2,1-2H3/t20-,21+,26+/m0/s1. The average Bonchev–Trinajstić information content (AvgIpc) is 3.29. The number of allylic oxidation sites excluding steroid dienone is 2. The zero-order valence-corrected chi connectivity index (χ0v) is 20.0. The number of sulfonamides is 1. The van der Waals surface area contributed by atoms with Gasteiger partial charge in [0, 0.05) is 16.6 Å². The highest BCUT2D eigenvalue weighted by Crippen LogP contribution is 2.50. The van der Waals surface area contributed by atoms with Crippen LogP contribution in [0.2, 0.25) is 5.02 Å². The molecule has 0 bridgehead atoms. The average molecular weight is 481 g/mol. The van der Waals surface area contributed by atoms with Crippen LogP contribution in [0.4, 0.5) is 11.4 Å². The van der Waals surface area contributed by atoms with E-state index in [1.807, 2.05) is 31.2 Å². The molecule has 0 radical (unpaired) electrons. The Morgan fingerprint density at radius 2 is 1.85 bits per heavy atom. The van der Waals surface area contributed by atoms with E-state index >= 15 is 0 Å². The first-order valence-corrected chi connectivity index (χ1v) is 12.7. The highest BCUT2D eigenvalue weighted by Gasteiger charge is 2.38. The molecule has 0 saturated carbocycles. The van der Waals surface area contributed by atoms with Gasteiger partial charge in [-0.05, 0) is 78.4 Å². The van der Waals surface area contributed by atoms with Crippen molar-refractivity contribution in [1.29, 1.82) is 0 Å². The number of ether oxygens (including phenoxy) is 1. The molecule has 0 saturated heterocycles. The number of fused-ring (bicyclic) bond motifs is 3. The predicted molar refractivity (Wildman–Crippen MR) is 133 cm³/mol. The van der Waals surface area contributed by atoms with Crippen molar-refractivity contribution in [2.45, 2.75) is 30.2 Å². The van der Waals surface area contributed by atoms with E-state index in [0.717, 1.165) is 23.2 Å². The summed E-state index contributed by atoms with van der Waals surface area (Å²) in [7, 11) is -2.27. The Bertz CT molecular complexity index is 1340. The molecule has 0 amide bonds. The van der Waals surface area contributed by atoms with Gasteiger partial charge >= 0.3 is 0 Å². The van der Waals surface area contributed by atoms with Gasteiger partial charge in [-0.1, -0.05) is 42.0 Å². The van der Waals surface area contributed by atoms with E-state index in [0.29, 0.717) is 22.4 Å². The minimum atomic E-state index is -3.79. The summed E-state index contributed by atoms with van der Waals surface area (Å²) in [6, 6.07) is 18.8. The van der Waals surface area contributed by atoms with Crippen LogP contribution in [0.1, 0.15) is 35.1 Å². The summed E-state index contributed by atoms with van der Waals surface area (Å²) >= 11 is 6.09. The van der Waals surface area contributed by atoms with Crippen molar-refractivity contribution < 1.29 is 13.2 Å². The van der Waals surface area contributed by atoms with Gasteiger partial charge in [0.2, 0.25) is 0 Å². The number of anilines is 2. The number of nitrogens with one attached hydrogen (secondary N) is 2. The Morgan fingerprint density at radius 1 is 1.06 bits per heavy atom. The zero-order chi connectivity index (χ0) is 23.2. The Balaban J connectivity index is 1.49. The highest BCUT2D eigenvalue weighted by molar-refractivity contribution is 7.92. The molecule has 3 atom stereocenters. The van der Waals surface area contributed by atoms with E-state index < -0.39 is 10.0 Å². The van der Waals surface area contributed by atoms with Crippen LogP contribution in [-0.4, -0.2) is 15.5 Å². The molecule has 5 nitrogen and oxygen atoms in total. The zero-order valence-electron chi connectivity index (χ0n) is 18.4. The third-order valence-corrected chi connectivity index (χ3v) is 8.09. The lowest BCUT2D eigenvalue weighted by molar-refractivity contribution is 0.417.